The van der Waals surface area contributed by atoms with E-state index in [1.165, 1.54) is 0 Å². The van der Waals surface area contributed by atoms with Crippen LogP contribution < -0.4 is 15.6 Å². The van der Waals surface area contributed by atoms with Gasteiger partial charge in [0.05, 0.1) is 5.92 Å². The maximum absolute atomic E-state index is 13.0. The second-order valence-corrected chi connectivity index (χ2v) is 7.19. The maximum Gasteiger partial charge on any atom is 0.279 e. The van der Waals surface area contributed by atoms with Crippen molar-refractivity contribution in [2.45, 2.75) is 32.8 Å². The van der Waals surface area contributed by atoms with E-state index in [9.17, 15) is 9.59 Å². The second-order valence-electron chi connectivity index (χ2n) is 7.19. The molecule has 3 rings (SSSR count). The zero-order chi connectivity index (χ0) is 21.5. The molecular weight excluding hydrogens is 376 g/mol. The third-order valence-electron chi connectivity index (χ3n) is 5.06. The highest BCUT2D eigenvalue weighted by Crippen LogP contribution is 2.24. The Balaban J connectivity index is 1.67. The van der Waals surface area contributed by atoms with Gasteiger partial charge >= 0.3 is 0 Å². The first-order valence-corrected chi connectivity index (χ1v) is 9.90. The zero-order valence-electron chi connectivity index (χ0n) is 17.4. The average molecular weight is 402 g/mol. The number of aryl methyl sites for hydroxylation is 1. The first-order valence-electron chi connectivity index (χ1n) is 9.90. The lowest BCUT2D eigenvalue weighted by atomic mass is 9.91. The number of rotatable bonds is 6. The van der Waals surface area contributed by atoms with Crippen molar-refractivity contribution in [3.05, 3.63) is 101 Å². The van der Waals surface area contributed by atoms with Gasteiger partial charge in [-0.2, -0.15) is 0 Å². The van der Waals surface area contributed by atoms with Gasteiger partial charge in [0.2, 0.25) is 5.91 Å². The van der Waals surface area contributed by atoms with Crippen molar-refractivity contribution >= 4 is 11.8 Å². The summed E-state index contributed by atoms with van der Waals surface area (Å²) in [6.45, 7) is 5.58. The fourth-order valence-corrected chi connectivity index (χ4v) is 3.18. The van der Waals surface area contributed by atoms with Crippen molar-refractivity contribution < 1.29 is 14.3 Å². The quantitative estimate of drug-likeness (QED) is 0.611. The van der Waals surface area contributed by atoms with E-state index in [4.69, 9.17) is 4.74 Å². The molecule has 2 amide bonds. The van der Waals surface area contributed by atoms with Crippen molar-refractivity contribution in [1.82, 2.24) is 10.9 Å². The molecule has 0 saturated heterocycles. The number of nitrogens with one attached hydrogen (secondary N) is 2. The highest BCUT2D eigenvalue weighted by Gasteiger charge is 2.24. The fraction of sp³-hybridized carbons (Fsp3) is 0.200. The van der Waals surface area contributed by atoms with E-state index in [0.29, 0.717) is 5.75 Å². The minimum absolute atomic E-state index is 0.320. The molecule has 154 valence electrons. The Morgan fingerprint density at radius 1 is 0.733 bits per heavy atom. The van der Waals surface area contributed by atoms with Crippen molar-refractivity contribution in [3.63, 3.8) is 0 Å². The predicted molar refractivity (Wildman–Crippen MR) is 117 cm³/mol. The van der Waals surface area contributed by atoms with E-state index in [0.717, 1.165) is 22.3 Å². The van der Waals surface area contributed by atoms with Gasteiger partial charge in [0.25, 0.3) is 5.91 Å². The van der Waals surface area contributed by atoms with Crippen molar-refractivity contribution in [2.75, 3.05) is 0 Å². The smallest absolute Gasteiger partial charge is 0.279 e. The first kappa shape index (κ1) is 21.1. The number of hydrogen-bond acceptors (Lipinski definition) is 3. The summed E-state index contributed by atoms with van der Waals surface area (Å²) < 4.78 is 5.79. The standard InChI is InChI=1S/C25H26N2O3/c1-17-11-10-16-22(18(17)2)30-19(3)24(28)26-27-25(29)23(20-12-6-4-7-13-20)21-14-8-5-9-15-21/h4-16,19,23H,1-3H3,(H,26,28)(H,27,29). The van der Waals surface area contributed by atoms with Gasteiger partial charge in [0.15, 0.2) is 6.10 Å². The summed E-state index contributed by atoms with van der Waals surface area (Å²) in [4.78, 5) is 25.5. The molecular formula is C25H26N2O3. The van der Waals surface area contributed by atoms with Crippen molar-refractivity contribution in [2.24, 2.45) is 0 Å². The van der Waals surface area contributed by atoms with Crippen LogP contribution >= 0.6 is 0 Å². The normalized spacial score (nSPS) is 11.6. The van der Waals surface area contributed by atoms with Crippen molar-refractivity contribution in [3.8, 4) is 5.75 Å². The highest BCUT2D eigenvalue weighted by molar-refractivity contribution is 5.90. The summed E-state index contributed by atoms with van der Waals surface area (Å²) in [7, 11) is 0. The Kier molecular flexibility index (Phi) is 6.86. The van der Waals surface area contributed by atoms with Gasteiger partial charge in [-0.15, -0.1) is 0 Å². The predicted octanol–water partition coefficient (Wildman–Crippen LogP) is 4.05. The molecule has 0 fully saturated rings. The lowest BCUT2D eigenvalue weighted by Gasteiger charge is -2.20. The van der Waals surface area contributed by atoms with Crippen LogP contribution in [0.2, 0.25) is 0 Å². The number of benzene rings is 3. The van der Waals surface area contributed by atoms with Crippen LogP contribution in [0.4, 0.5) is 0 Å². The van der Waals surface area contributed by atoms with E-state index in [1.54, 1.807) is 6.92 Å². The monoisotopic (exact) mass is 402 g/mol. The molecule has 0 aliphatic rings. The Hall–Kier alpha value is -3.60. The topological polar surface area (TPSA) is 67.4 Å². The van der Waals surface area contributed by atoms with Crippen LogP contribution in [-0.4, -0.2) is 17.9 Å². The summed E-state index contributed by atoms with van der Waals surface area (Å²) in [5.74, 6) is -0.637. The maximum atomic E-state index is 13.0. The van der Waals surface area contributed by atoms with Gasteiger partial charge < -0.3 is 4.74 Å². The third kappa shape index (κ3) is 5.06. The van der Waals surface area contributed by atoms with Crippen LogP contribution in [0.25, 0.3) is 0 Å². The van der Waals surface area contributed by atoms with Gasteiger partial charge in [0.1, 0.15) is 5.75 Å². The Morgan fingerprint density at radius 2 is 1.27 bits per heavy atom. The molecule has 0 aliphatic carbocycles. The molecule has 0 spiro atoms. The van der Waals surface area contributed by atoms with Gasteiger partial charge in [-0.25, -0.2) is 0 Å². The Labute approximate surface area is 177 Å². The molecule has 0 bridgehead atoms. The highest BCUT2D eigenvalue weighted by atomic mass is 16.5. The molecule has 3 aromatic carbocycles. The molecule has 0 radical (unpaired) electrons. The van der Waals surface area contributed by atoms with E-state index in [-0.39, 0.29) is 5.91 Å². The van der Waals surface area contributed by atoms with E-state index >= 15 is 0 Å². The molecule has 0 heterocycles. The molecule has 5 heteroatoms. The number of carbonyl (C=O) groups is 2. The minimum Gasteiger partial charge on any atom is -0.481 e. The Morgan fingerprint density at radius 3 is 1.83 bits per heavy atom. The van der Waals surface area contributed by atoms with Crippen LogP contribution in [0.3, 0.4) is 0 Å². The minimum atomic E-state index is -0.766. The lowest BCUT2D eigenvalue weighted by Crippen LogP contribution is -2.48. The number of ether oxygens (including phenoxy) is 1. The summed E-state index contributed by atoms with van der Waals surface area (Å²) in [6.07, 6.45) is -0.766. The zero-order valence-corrected chi connectivity index (χ0v) is 17.4. The van der Waals surface area contributed by atoms with Crippen LogP contribution in [0.15, 0.2) is 78.9 Å². The largest absolute Gasteiger partial charge is 0.481 e. The molecule has 5 nitrogen and oxygen atoms in total. The number of carbonyl (C=O) groups excluding carboxylic acids is 2. The third-order valence-corrected chi connectivity index (χ3v) is 5.06. The van der Waals surface area contributed by atoms with Crippen LogP contribution in [0, 0.1) is 13.8 Å². The number of hydrogen-bond donors (Lipinski definition) is 2. The van der Waals surface area contributed by atoms with Crippen LogP contribution in [0.1, 0.15) is 35.1 Å². The Bertz CT molecular complexity index is 964. The molecule has 0 aromatic heterocycles. The molecule has 1 atom stereocenters. The second kappa shape index (κ2) is 9.74. The molecule has 0 aliphatic heterocycles. The molecule has 30 heavy (non-hydrogen) atoms. The fourth-order valence-electron chi connectivity index (χ4n) is 3.18. The SMILES string of the molecule is Cc1cccc(OC(C)C(=O)NNC(=O)C(c2ccccc2)c2ccccc2)c1C. The number of hydrazine groups is 1. The van der Waals surface area contributed by atoms with Gasteiger partial charge in [0, 0.05) is 0 Å². The summed E-state index contributed by atoms with van der Waals surface area (Å²) in [5.41, 5.74) is 8.80. The summed E-state index contributed by atoms with van der Waals surface area (Å²) in [5, 5.41) is 0. The molecule has 3 aromatic rings. The summed E-state index contributed by atoms with van der Waals surface area (Å²) in [6, 6.07) is 24.6. The van der Waals surface area contributed by atoms with Gasteiger partial charge in [-0.05, 0) is 49.1 Å². The molecule has 2 N–H and O–H groups in total. The van der Waals surface area contributed by atoms with Crippen molar-refractivity contribution in [1.29, 1.82) is 0 Å². The van der Waals surface area contributed by atoms with E-state index in [1.807, 2.05) is 92.7 Å². The van der Waals surface area contributed by atoms with Crippen LogP contribution in [0.5, 0.6) is 5.75 Å². The van der Waals surface area contributed by atoms with E-state index in [2.05, 4.69) is 10.9 Å². The average Bonchev–Trinajstić information content (AvgIpc) is 2.77. The molecule has 0 saturated carbocycles. The molecule has 1 unspecified atom stereocenters. The number of amides is 2. The first-order chi connectivity index (χ1) is 14.5. The lowest BCUT2D eigenvalue weighted by molar-refractivity contribution is -0.133. The van der Waals surface area contributed by atoms with Gasteiger partial charge in [-0.3, -0.25) is 20.4 Å². The van der Waals surface area contributed by atoms with Gasteiger partial charge in [-0.1, -0.05) is 72.8 Å². The van der Waals surface area contributed by atoms with E-state index < -0.39 is 17.9 Å². The van der Waals surface area contributed by atoms with Crippen LogP contribution in [-0.2, 0) is 9.59 Å². The summed E-state index contributed by atoms with van der Waals surface area (Å²) >= 11 is 0.